The van der Waals surface area contributed by atoms with E-state index in [-0.39, 0.29) is 0 Å². The molecule has 0 atom stereocenters. The molecule has 0 saturated carbocycles. The van der Waals surface area contributed by atoms with Crippen LogP contribution in [0.25, 0.3) is 0 Å². The van der Waals surface area contributed by atoms with E-state index in [2.05, 4.69) is 18.9 Å². The van der Waals surface area contributed by atoms with Gasteiger partial charge in [0.15, 0.2) is 0 Å². The first kappa shape index (κ1) is 16.9. The predicted molar refractivity (Wildman–Crippen MR) is 89.5 cm³/mol. The van der Waals surface area contributed by atoms with Crippen molar-refractivity contribution in [3.05, 3.63) is 29.8 Å². The number of unbranched alkanes of at least 4 members (excludes halogenated alkanes) is 2. The Labute approximate surface area is 128 Å². The summed E-state index contributed by atoms with van der Waals surface area (Å²) in [6.45, 7) is 5.14. The minimum atomic E-state index is 0.386. The highest BCUT2D eigenvalue weighted by Crippen LogP contribution is 2.17. The van der Waals surface area contributed by atoms with Crippen LogP contribution in [0.5, 0.6) is 5.75 Å². The van der Waals surface area contributed by atoms with E-state index >= 15 is 0 Å². The summed E-state index contributed by atoms with van der Waals surface area (Å²) in [4.78, 5) is 2.75. The highest BCUT2D eigenvalue weighted by atomic mass is 32.1. The van der Waals surface area contributed by atoms with Gasteiger partial charge in [-0.15, -0.1) is 0 Å². The molecule has 112 valence electrons. The molecule has 20 heavy (non-hydrogen) atoms. The second-order valence-electron chi connectivity index (χ2n) is 5.07. The molecular formula is C16H26N2OS. The summed E-state index contributed by atoms with van der Waals surface area (Å²) in [7, 11) is 2.17. The Morgan fingerprint density at radius 1 is 1.20 bits per heavy atom. The molecule has 0 aliphatic rings. The largest absolute Gasteiger partial charge is 0.493 e. The average Bonchev–Trinajstić information content (AvgIpc) is 2.44. The molecule has 0 unspecified atom stereocenters. The molecule has 1 rings (SSSR count). The molecule has 0 saturated heterocycles. The summed E-state index contributed by atoms with van der Waals surface area (Å²) >= 11 is 5.02. The smallest absolute Gasteiger partial charge is 0.129 e. The van der Waals surface area contributed by atoms with Gasteiger partial charge < -0.3 is 15.4 Å². The van der Waals surface area contributed by atoms with Crippen molar-refractivity contribution in [3.63, 3.8) is 0 Å². The van der Waals surface area contributed by atoms with E-state index in [9.17, 15) is 0 Å². The molecule has 0 bridgehead atoms. The maximum absolute atomic E-state index is 5.78. The van der Waals surface area contributed by atoms with E-state index in [1.54, 1.807) is 0 Å². The summed E-state index contributed by atoms with van der Waals surface area (Å²) in [6.07, 6.45) is 4.86. The van der Waals surface area contributed by atoms with Crippen molar-refractivity contribution in [3.8, 4) is 5.75 Å². The van der Waals surface area contributed by atoms with Crippen molar-refractivity contribution in [1.82, 2.24) is 4.90 Å². The first-order valence-electron chi connectivity index (χ1n) is 7.35. The van der Waals surface area contributed by atoms with Gasteiger partial charge in [0, 0.05) is 6.54 Å². The number of benzene rings is 1. The molecule has 0 spiro atoms. The van der Waals surface area contributed by atoms with Crippen LogP contribution >= 0.6 is 12.2 Å². The molecule has 1 aromatic rings. The van der Waals surface area contributed by atoms with E-state index in [1.165, 1.54) is 19.3 Å². The van der Waals surface area contributed by atoms with Gasteiger partial charge in [-0.25, -0.2) is 0 Å². The lowest BCUT2D eigenvalue weighted by Crippen LogP contribution is -2.22. The zero-order chi connectivity index (χ0) is 14.8. The van der Waals surface area contributed by atoms with Crippen molar-refractivity contribution in [2.24, 2.45) is 5.73 Å². The predicted octanol–water partition coefficient (Wildman–Crippen LogP) is 3.21. The zero-order valence-corrected chi connectivity index (χ0v) is 13.4. The molecule has 1 aromatic carbocycles. The van der Waals surface area contributed by atoms with Gasteiger partial charge in [0.25, 0.3) is 0 Å². The van der Waals surface area contributed by atoms with E-state index in [1.807, 2.05) is 24.3 Å². The van der Waals surface area contributed by atoms with Crippen LogP contribution in [0, 0.1) is 0 Å². The third kappa shape index (κ3) is 6.35. The number of thiocarbonyl (C=S) groups is 1. The Hall–Kier alpha value is -1.13. The molecule has 0 fully saturated rings. The van der Waals surface area contributed by atoms with Gasteiger partial charge in [0.2, 0.25) is 0 Å². The number of ether oxygens (including phenoxy) is 1. The van der Waals surface area contributed by atoms with Gasteiger partial charge in [-0.1, -0.05) is 44.1 Å². The molecule has 0 aromatic heterocycles. The van der Waals surface area contributed by atoms with Gasteiger partial charge >= 0.3 is 0 Å². The van der Waals surface area contributed by atoms with Gasteiger partial charge in [-0.2, -0.15) is 0 Å². The highest BCUT2D eigenvalue weighted by molar-refractivity contribution is 7.80. The van der Waals surface area contributed by atoms with Gasteiger partial charge in [-0.3, -0.25) is 0 Å². The SMILES string of the molecule is CCCCCN(C)CCCOc1ccccc1C(N)=S. The number of nitrogens with zero attached hydrogens (tertiary/aromatic N) is 1. The molecule has 0 amide bonds. The Kier molecular flexibility index (Phi) is 8.23. The Morgan fingerprint density at radius 3 is 2.60 bits per heavy atom. The van der Waals surface area contributed by atoms with Crippen molar-refractivity contribution < 1.29 is 4.74 Å². The molecule has 0 aliphatic carbocycles. The van der Waals surface area contributed by atoms with Crippen molar-refractivity contribution in [2.45, 2.75) is 32.6 Å². The summed E-state index contributed by atoms with van der Waals surface area (Å²) < 4.78 is 5.78. The zero-order valence-electron chi connectivity index (χ0n) is 12.6. The quantitative estimate of drug-likeness (QED) is 0.531. The fraction of sp³-hybridized carbons (Fsp3) is 0.562. The minimum Gasteiger partial charge on any atom is -0.493 e. The molecule has 0 radical (unpaired) electrons. The van der Waals surface area contributed by atoms with Crippen LogP contribution < -0.4 is 10.5 Å². The lowest BCUT2D eigenvalue weighted by Gasteiger charge is -2.17. The fourth-order valence-electron chi connectivity index (χ4n) is 2.06. The molecule has 2 N–H and O–H groups in total. The summed E-state index contributed by atoms with van der Waals surface area (Å²) in [5.41, 5.74) is 6.50. The minimum absolute atomic E-state index is 0.386. The second-order valence-corrected chi connectivity index (χ2v) is 5.51. The molecule has 0 heterocycles. The number of rotatable bonds is 10. The van der Waals surface area contributed by atoms with Crippen LogP contribution in [0.15, 0.2) is 24.3 Å². The van der Waals surface area contributed by atoms with E-state index in [4.69, 9.17) is 22.7 Å². The first-order chi connectivity index (χ1) is 9.65. The topological polar surface area (TPSA) is 38.5 Å². The lowest BCUT2D eigenvalue weighted by molar-refractivity contribution is 0.260. The van der Waals surface area contributed by atoms with E-state index in [0.717, 1.165) is 30.8 Å². The third-order valence-corrected chi connectivity index (χ3v) is 3.46. The van der Waals surface area contributed by atoms with Crippen LogP contribution in [0.1, 0.15) is 38.2 Å². The van der Waals surface area contributed by atoms with Crippen LogP contribution in [-0.2, 0) is 0 Å². The number of hydrogen-bond acceptors (Lipinski definition) is 3. The van der Waals surface area contributed by atoms with E-state index in [0.29, 0.717) is 11.6 Å². The second kappa shape index (κ2) is 9.72. The van der Waals surface area contributed by atoms with Crippen LogP contribution in [-0.4, -0.2) is 36.6 Å². The maximum atomic E-state index is 5.78. The summed E-state index contributed by atoms with van der Waals surface area (Å²) in [5, 5.41) is 0. The van der Waals surface area contributed by atoms with Crippen LogP contribution in [0.2, 0.25) is 0 Å². The number of nitrogens with two attached hydrogens (primary N) is 1. The number of hydrogen-bond donors (Lipinski definition) is 1. The van der Waals surface area contributed by atoms with Crippen molar-refractivity contribution in [2.75, 3.05) is 26.7 Å². The van der Waals surface area contributed by atoms with Gasteiger partial charge in [0.1, 0.15) is 10.7 Å². The highest BCUT2D eigenvalue weighted by Gasteiger charge is 2.05. The first-order valence-corrected chi connectivity index (χ1v) is 7.76. The Morgan fingerprint density at radius 2 is 1.90 bits per heavy atom. The molecule has 3 nitrogen and oxygen atoms in total. The molecule has 0 aliphatic heterocycles. The van der Waals surface area contributed by atoms with Crippen molar-refractivity contribution in [1.29, 1.82) is 0 Å². The monoisotopic (exact) mass is 294 g/mol. The summed E-state index contributed by atoms with van der Waals surface area (Å²) in [6, 6.07) is 7.67. The Bertz CT molecular complexity index is 409. The Balaban J connectivity index is 2.26. The van der Waals surface area contributed by atoms with Crippen LogP contribution in [0.4, 0.5) is 0 Å². The normalized spacial score (nSPS) is 10.8. The lowest BCUT2D eigenvalue weighted by atomic mass is 10.2. The summed E-state index contributed by atoms with van der Waals surface area (Å²) in [5.74, 6) is 0.786. The molecule has 4 heteroatoms. The van der Waals surface area contributed by atoms with E-state index < -0.39 is 0 Å². The third-order valence-electron chi connectivity index (χ3n) is 3.24. The molecular weight excluding hydrogens is 268 g/mol. The van der Waals surface area contributed by atoms with Crippen molar-refractivity contribution >= 4 is 17.2 Å². The standard InChI is InChI=1S/C16H26N2OS/c1-3-4-7-11-18(2)12-8-13-19-15-10-6-5-9-14(15)16(17)20/h5-6,9-10H,3-4,7-8,11-13H2,1-2H3,(H2,17,20). The average molecular weight is 294 g/mol. The van der Waals surface area contributed by atoms with Gasteiger partial charge in [-0.05, 0) is 38.6 Å². The maximum Gasteiger partial charge on any atom is 0.129 e. The fourth-order valence-corrected chi connectivity index (χ4v) is 2.22. The van der Waals surface area contributed by atoms with Crippen LogP contribution in [0.3, 0.4) is 0 Å². The van der Waals surface area contributed by atoms with Gasteiger partial charge in [0.05, 0.1) is 12.2 Å². The number of para-hydroxylation sites is 1.